The van der Waals surface area contributed by atoms with E-state index in [1.807, 2.05) is 0 Å². The monoisotopic (exact) mass is 367 g/mol. The van der Waals surface area contributed by atoms with E-state index in [0.717, 1.165) is 30.8 Å². The summed E-state index contributed by atoms with van der Waals surface area (Å²) in [5.74, 6) is -0.968. The molecule has 0 unspecified atom stereocenters. The molecule has 0 atom stereocenters. The second kappa shape index (κ2) is 7.65. The van der Waals surface area contributed by atoms with E-state index in [1.165, 1.54) is 0 Å². The minimum absolute atomic E-state index is 0.0130. The van der Waals surface area contributed by atoms with Crippen molar-refractivity contribution in [3.05, 3.63) is 63.7 Å². The van der Waals surface area contributed by atoms with Gasteiger partial charge in [0.25, 0.3) is 11.6 Å². The van der Waals surface area contributed by atoms with Crippen molar-refractivity contribution in [3.8, 4) is 5.75 Å². The van der Waals surface area contributed by atoms with Gasteiger partial charge in [-0.2, -0.15) is 5.10 Å². The Hall–Kier alpha value is -3.75. The van der Waals surface area contributed by atoms with Crippen molar-refractivity contribution < 1.29 is 19.6 Å². The lowest BCUT2D eigenvalue weighted by atomic mass is 10.2. The lowest BCUT2D eigenvalue weighted by molar-refractivity contribution is -0.385. The van der Waals surface area contributed by atoms with Crippen molar-refractivity contribution in [3.63, 3.8) is 0 Å². The largest absolute Gasteiger partial charge is 0.872 e. The number of hydrogen-bond donors (Lipinski definition) is 1. The minimum Gasteiger partial charge on any atom is -0.872 e. The van der Waals surface area contributed by atoms with Crippen LogP contribution in [-0.2, 0) is 4.79 Å². The van der Waals surface area contributed by atoms with Crippen LogP contribution < -0.4 is 15.4 Å². The Labute approximate surface area is 154 Å². The van der Waals surface area contributed by atoms with Crippen LogP contribution in [0, 0.1) is 10.1 Å². The highest BCUT2D eigenvalue weighted by molar-refractivity contribution is 5.99. The number of hydrazone groups is 1. The van der Waals surface area contributed by atoms with Gasteiger partial charge in [-0.1, -0.05) is 17.9 Å². The van der Waals surface area contributed by atoms with Crippen molar-refractivity contribution in [2.75, 3.05) is 11.4 Å². The average Bonchev–Trinajstić information content (AvgIpc) is 3.09. The van der Waals surface area contributed by atoms with Gasteiger partial charge in [0.2, 0.25) is 5.91 Å². The number of rotatable bonds is 5. The van der Waals surface area contributed by atoms with Crippen LogP contribution >= 0.6 is 0 Å². The lowest BCUT2D eigenvalue weighted by Gasteiger charge is -2.16. The molecule has 1 N–H and O–H groups in total. The van der Waals surface area contributed by atoms with Gasteiger partial charge in [-0.05, 0) is 30.2 Å². The maximum absolute atomic E-state index is 12.2. The lowest BCUT2D eigenvalue weighted by Crippen LogP contribution is -2.24. The Morgan fingerprint density at radius 3 is 2.78 bits per heavy atom. The van der Waals surface area contributed by atoms with E-state index in [9.17, 15) is 24.8 Å². The molecule has 0 radical (unpaired) electrons. The molecule has 1 heterocycles. The number of amides is 2. The summed E-state index contributed by atoms with van der Waals surface area (Å²) >= 11 is 0. The highest BCUT2D eigenvalue weighted by Crippen LogP contribution is 2.22. The normalized spacial score (nSPS) is 13.9. The second-order valence-electron chi connectivity index (χ2n) is 5.88. The molecule has 0 saturated carbocycles. The molecule has 1 aliphatic heterocycles. The third-order valence-corrected chi connectivity index (χ3v) is 4.07. The highest BCUT2D eigenvalue weighted by atomic mass is 16.6. The number of non-ortho nitro benzene ring substituents is 1. The summed E-state index contributed by atoms with van der Waals surface area (Å²) in [5, 5.41) is 26.1. The Kier molecular flexibility index (Phi) is 5.11. The van der Waals surface area contributed by atoms with E-state index < -0.39 is 16.6 Å². The molecule has 2 amide bonds. The molecule has 1 aliphatic rings. The second-order valence-corrected chi connectivity index (χ2v) is 5.88. The average molecular weight is 367 g/mol. The predicted molar refractivity (Wildman–Crippen MR) is 95.6 cm³/mol. The van der Waals surface area contributed by atoms with Crippen molar-refractivity contribution in [1.29, 1.82) is 0 Å². The van der Waals surface area contributed by atoms with Gasteiger partial charge in [0, 0.05) is 36.3 Å². The van der Waals surface area contributed by atoms with Gasteiger partial charge < -0.3 is 10.0 Å². The van der Waals surface area contributed by atoms with Crippen molar-refractivity contribution in [1.82, 2.24) is 5.43 Å². The SMILES string of the molecule is O=C(N/N=C\c1cc([N+](=O)[O-])ccc1[O-])c1cccc(N2CCCC2=O)c1. The number of carbonyl (C=O) groups is 2. The Morgan fingerprint density at radius 1 is 1.26 bits per heavy atom. The first-order valence-electron chi connectivity index (χ1n) is 8.15. The zero-order valence-corrected chi connectivity index (χ0v) is 14.1. The number of benzene rings is 2. The van der Waals surface area contributed by atoms with Crippen LogP contribution in [0.3, 0.4) is 0 Å². The molecular formula is C18H15N4O5-. The smallest absolute Gasteiger partial charge is 0.271 e. The van der Waals surface area contributed by atoms with Gasteiger partial charge in [0.15, 0.2) is 0 Å². The summed E-state index contributed by atoms with van der Waals surface area (Å²) < 4.78 is 0. The van der Waals surface area contributed by atoms with Gasteiger partial charge in [-0.3, -0.25) is 19.7 Å². The molecule has 0 aliphatic carbocycles. The van der Waals surface area contributed by atoms with Gasteiger partial charge in [0.05, 0.1) is 11.1 Å². The van der Waals surface area contributed by atoms with Gasteiger partial charge in [0.1, 0.15) is 0 Å². The molecule has 138 valence electrons. The van der Waals surface area contributed by atoms with Crippen LogP contribution in [0.25, 0.3) is 0 Å². The summed E-state index contributed by atoms with van der Waals surface area (Å²) in [4.78, 5) is 35.8. The topological polar surface area (TPSA) is 128 Å². The highest BCUT2D eigenvalue weighted by Gasteiger charge is 2.22. The van der Waals surface area contributed by atoms with Gasteiger partial charge >= 0.3 is 0 Å². The molecule has 27 heavy (non-hydrogen) atoms. The third-order valence-electron chi connectivity index (χ3n) is 4.07. The molecule has 0 spiro atoms. The number of nitrogens with one attached hydrogen (secondary N) is 1. The van der Waals surface area contributed by atoms with Gasteiger partial charge in [-0.25, -0.2) is 5.43 Å². The molecule has 2 aromatic rings. The number of nitro groups is 1. The van der Waals surface area contributed by atoms with E-state index in [2.05, 4.69) is 10.5 Å². The fraction of sp³-hybridized carbons (Fsp3) is 0.167. The standard InChI is InChI=1S/C18H16N4O5/c23-16-7-6-15(22(26)27)10-13(16)11-19-20-18(25)12-3-1-4-14(9-12)21-8-2-5-17(21)24/h1,3-4,6-7,9-11,23H,2,5,8H2,(H,20,25)/p-1/b19-11-. The molecule has 9 heteroatoms. The molecule has 3 rings (SSSR count). The first kappa shape index (κ1) is 18.1. The number of carbonyl (C=O) groups excluding carboxylic acids is 2. The van der Waals surface area contributed by atoms with Crippen LogP contribution in [0.2, 0.25) is 0 Å². The summed E-state index contributed by atoms with van der Waals surface area (Å²) in [6, 6.07) is 9.81. The van der Waals surface area contributed by atoms with E-state index in [-0.39, 0.29) is 17.2 Å². The van der Waals surface area contributed by atoms with Crippen LogP contribution in [0.1, 0.15) is 28.8 Å². The third kappa shape index (κ3) is 4.09. The summed E-state index contributed by atoms with van der Waals surface area (Å²) in [7, 11) is 0. The number of anilines is 1. The fourth-order valence-electron chi connectivity index (χ4n) is 2.71. The quantitative estimate of drug-likeness (QED) is 0.487. The van der Waals surface area contributed by atoms with Crippen molar-refractivity contribution in [2.24, 2.45) is 5.10 Å². The zero-order chi connectivity index (χ0) is 19.4. The van der Waals surface area contributed by atoms with Gasteiger partial charge in [-0.15, -0.1) is 0 Å². The van der Waals surface area contributed by atoms with Crippen LogP contribution in [0.5, 0.6) is 5.75 Å². The Bertz CT molecular complexity index is 941. The fourth-order valence-corrected chi connectivity index (χ4v) is 2.71. The summed E-state index contributed by atoms with van der Waals surface area (Å²) in [6.07, 6.45) is 2.32. The summed E-state index contributed by atoms with van der Waals surface area (Å²) in [6.45, 7) is 0.612. The number of hydrogen-bond acceptors (Lipinski definition) is 6. The first-order chi connectivity index (χ1) is 13.0. The van der Waals surface area contributed by atoms with E-state index >= 15 is 0 Å². The van der Waals surface area contributed by atoms with Crippen LogP contribution in [-0.4, -0.2) is 29.5 Å². The first-order valence-corrected chi connectivity index (χ1v) is 8.15. The van der Waals surface area contributed by atoms with Crippen LogP contribution in [0.15, 0.2) is 47.6 Å². The van der Waals surface area contributed by atoms with E-state index in [1.54, 1.807) is 29.2 Å². The maximum Gasteiger partial charge on any atom is 0.271 e. The molecule has 1 saturated heterocycles. The summed E-state index contributed by atoms with van der Waals surface area (Å²) in [5.41, 5.74) is 2.94. The van der Waals surface area contributed by atoms with Crippen LogP contribution in [0.4, 0.5) is 11.4 Å². The maximum atomic E-state index is 12.2. The molecule has 2 aromatic carbocycles. The Balaban J connectivity index is 1.71. The Morgan fingerprint density at radius 2 is 2.07 bits per heavy atom. The van der Waals surface area contributed by atoms with E-state index in [4.69, 9.17) is 0 Å². The minimum atomic E-state index is -0.624. The molecule has 1 fully saturated rings. The molecule has 9 nitrogen and oxygen atoms in total. The van der Waals surface area contributed by atoms with Crippen molar-refractivity contribution in [2.45, 2.75) is 12.8 Å². The van der Waals surface area contributed by atoms with E-state index in [0.29, 0.717) is 24.2 Å². The van der Waals surface area contributed by atoms with Crippen molar-refractivity contribution >= 4 is 29.4 Å². The zero-order valence-electron chi connectivity index (χ0n) is 14.1. The molecular weight excluding hydrogens is 352 g/mol. The number of nitro benzene ring substituents is 1. The molecule has 0 bridgehead atoms. The predicted octanol–water partition coefficient (Wildman–Crippen LogP) is 1.56. The number of nitrogens with zero attached hydrogens (tertiary/aromatic N) is 3. The molecule has 0 aromatic heterocycles.